The van der Waals surface area contributed by atoms with Crippen molar-refractivity contribution in [3.05, 3.63) is 41.5 Å². The van der Waals surface area contributed by atoms with E-state index in [0.29, 0.717) is 11.3 Å². The van der Waals surface area contributed by atoms with Gasteiger partial charge in [0.25, 0.3) is 0 Å². The van der Waals surface area contributed by atoms with E-state index in [9.17, 15) is 40.7 Å². The lowest BCUT2D eigenvalue weighted by Gasteiger charge is -2.17. The third-order valence-electron chi connectivity index (χ3n) is 5.64. The number of likely N-dealkylation sites (tertiary alicyclic amines) is 1. The smallest absolute Gasteiger partial charge is 0.416 e. The average molecular weight is 433 g/mol. The predicted molar refractivity (Wildman–Crippen MR) is 86.5 cm³/mol. The van der Waals surface area contributed by atoms with Crippen LogP contribution in [0.4, 0.5) is 26.3 Å². The van der Waals surface area contributed by atoms with Gasteiger partial charge < -0.3 is 4.74 Å². The number of imide groups is 1. The Morgan fingerprint density at radius 3 is 1.80 bits per heavy atom. The first-order valence-electron chi connectivity index (χ1n) is 8.90. The fraction of sp³-hybridized carbons (Fsp3) is 0.421. The van der Waals surface area contributed by atoms with E-state index in [1.165, 1.54) is 0 Å². The summed E-state index contributed by atoms with van der Waals surface area (Å²) in [5, 5.41) is 0. The van der Waals surface area contributed by atoms with E-state index in [0.717, 1.165) is 0 Å². The number of fused-ring (bicyclic) bond motifs is 5. The highest BCUT2D eigenvalue weighted by atomic mass is 19.4. The van der Waals surface area contributed by atoms with E-state index in [-0.39, 0.29) is 30.0 Å². The number of nitrogens with zero attached hydrogens (tertiary/aromatic N) is 1. The summed E-state index contributed by atoms with van der Waals surface area (Å²) >= 11 is 0. The summed E-state index contributed by atoms with van der Waals surface area (Å²) in [6, 6.07) is 0.397. The van der Waals surface area contributed by atoms with Gasteiger partial charge in [0.2, 0.25) is 11.8 Å². The number of esters is 1. The number of hydrogen-bond acceptors (Lipinski definition) is 4. The fourth-order valence-corrected chi connectivity index (χ4v) is 4.40. The van der Waals surface area contributed by atoms with Gasteiger partial charge in [0, 0.05) is 0 Å². The van der Waals surface area contributed by atoms with Crippen LogP contribution in [0.5, 0.6) is 5.75 Å². The van der Waals surface area contributed by atoms with Crippen molar-refractivity contribution in [1.29, 1.82) is 0 Å². The summed E-state index contributed by atoms with van der Waals surface area (Å²) in [6.07, 6.45) is -5.88. The number of amides is 2. The summed E-state index contributed by atoms with van der Waals surface area (Å²) in [5.74, 6) is -4.88. The Bertz CT molecular complexity index is 905. The Hall–Kier alpha value is -2.85. The van der Waals surface area contributed by atoms with Crippen molar-refractivity contribution in [1.82, 2.24) is 4.90 Å². The third kappa shape index (κ3) is 3.35. The molecule has 11 heteroatoms. The maximum atomic E-state index is 12.9. The first kappa shape index (κ1) is 20.4. The minimum Gasteiger partial charge on any atom is -0.425 e. The first-order valence-corrected chi connectivity index (χ1v) is 8.90. The van der Waals surface area contributed by atoms with Crippen molar-refractivity contribution in [2.75, 3.05) is 6.54 Å². The molecule has 4 rings (SSSR count). The van der Waals surface area contributed by atoms with E-state index in [1.54, 1.807) is 0 Å². The zero-order chi connectivity index (χ0) is 22.0. The molecule has 0 radical (unpaired) electrons. The molecule has 2 amide bonds. The first-order chi connectivity index (χ1) is 13.9. The van der Waals surface area contributed by atoms with Crippen LogP contribution in [0.1, 0.15) is 17.5 Å². The second-order valence-corrected chi connectivity index (χ2v) is 7.48. The van der Waals surface area contributed by atoms with Gasteiger partial charge in [0.05, 0.1) is 23.0 Å². The Labute approximate surface area is 165 Å². The van der Waals surface area contributed by atoms with Crippen molar-refractivity contribution >= 4 is 17.8 Å². The minimum absolute atomic E-state index is 0.102. The molecule has 2 bridgehead atoms. The van der Waals surface area contributed by atoms with E-state index in [2.05, 4.69) is 4.74 Å². The van der Waals surface area contributed by atoms with Crippen LogP contribution >= 0.6 is 0 Å². The van der Waals surface area contributed by atoms with Gasteiger partial charge in [-0.3, -0.25) is 14.5 Å². The second kappa shape index (κ2) is 6.58. The van der Waals surface area contributed by atoms with Gasteiger partial charge in [-0.25, -0.2) is 4.79 Å². The number of alkyl halides is 6. The maximum absolute atomic E-state index is 12.9. The largest absolute Gasteiger partial charge is 0.425 e. The number of carbonyl (C=O) groups excluding carboxylic acids is 3. The van der Waals surface area contributed by atoms with Crippen molar-refractivity contribution in [2.45, 2.75) is 18.8 Å². The minimum atomic E-state index is -5.10. The molecule has 3 aliphatic rings. The molecule has 0 aromatic heterocycles. The monoisotopic (exact) mass is 433 g/mol. The number of allylic oxidation sites excluding steroid dienone is 2. The molecule has 160 valence electrons. The van der Waals surface area contributed by atoms with Crippen LogP contribution in [0.3, 0.4) is 0 Å². The van der Waals surface area contributed by atoms with Crippen molar-refractivity contribution in [3.63, 3.8) is 0 Å². The van der Waals surface area contributed by atoms with Gasteiger partial charge in [0.15, 0.2) is 0 Å². The van der Waals surface area contributed by atoms with Crippen LogP contribution in [0.15, 0.2) is 30.4 Å². The van der Waals surface area contributed by atoms with Gasteiger partial charge in [-0.1, -0.05) is 12.2 Å². The standard InChI is InChI=1S/C19H13F6NO4/c20-18(21,22)10-4-11(19(23,24)25)6-12(5-10)30-13(27)7-26-16(28)14-8-1-2-9(3-8)15(14)17(26)29/h1-2,4-6,8-9,14-15H,3,7H2. The molecule has 0 spiro atoms. The molecule has 2 aliphatic carbocycles. The van der Waals surface area contributed by atoms with Crippen molar-refractivity contribution in [3.8, 4) is 5.75 Å². The molecule has 0 N–H and O–H groups in total. The lowest BCUT2D eigenvalue weighted by Crippen LogP contribution is -2.38. The van der Waals surface area contributed by atoms with E-state index < -0.39 is 65.4 Å². The molecule has 4 atom stereocenters. The zero-order valence-corrected chi connectivity index (χ0v) is 15.0. The highest BCUT2D eigenvalue weighted by Crippen LogP contribution is 2.52. The molecular formula is C19H13F6NO4. The molecule has 2 fully saturated rings. The molecule has 1 aromatic rings. The highest BCUT2D eigenvalue weighted by molar-refractivity contribution is 6.08. The molecule has 1 saturated heterocycles. The predicted octanol–water partition coefficient (Wildman–Crippen LogP) is 3.44. The topological polar surface area (TPSA) is 63.7 Å². The van der Waals surface area contributed by atoms with E-state index in [1.807, 2.05) is 12.2 Å². The molecule has 30 heavy (non-hydrogen) atoms. The Balaban J connectivity index is 1.52. The Morgan fingerprint density at radius 1 is 0.900 bits per heavy atom. The molecule has 1 heterocycles. The fourth-order valence-electron chi connectivity index (χ4n) is 4.40. The van der Waals surface area contributed by atoms with Gasteiger partial charge in [-0.15, -0.1) is 0 Å². The van der Waals surface area contributed by atoms with Crippen LogP contribution in [-0.4, -0.2) is 29.2 Å². The molecule has 1 saturated carbocycles. The SMILES string of the molecule is O=C(CN1C(=O)C2C3C=CC(C3)C2C1=O)Oc1cc(C(F)(F)F)cc(C(F)(F)F)c1. The quantitative estimate of drug-likeness (QED) is 0.241. The average Bonchev–Trinajstić information content (AvgIpc) is 3.30. The summed E-state index contributed by atoms with van der Waals surface area (Å²) in [7, 11) is 0. The molecule has 5 nitrogen and oxygen atoms in total. The summed E-state index contributed by atoms with van der Waals surface area (Å²) in [4.78, 5) is 37.8. The second-order valence-electron chi connectivity index (χ2n) is 7.48. The van der Waals surface area contributed by atoms with E-state index >= 15 is 0 Å². The summed E-state index contributed by atoms with van der Waals surface area (Å²) in [5.41, 5.74) is -3.30. The van der Waals surface area contributed by atoms with Crippen molar-refractivity contribution < 1.29 is 45.5 Å². The maximum Gasteiger partial charge on any atom is 0.416 e. The molecule has 1 aromatic carbocycles. The van der Waals surface area contributed by atoms with Gasteiger partial charge >= 0.3 is 18.3 Å². The molecule has 4 unspecified atom stereocenters. The van der Waals surface area contributed by atoms with E-state index in [4.69, 9.17) is 0 Å². The zero-order valence-electron chi connectivity index (χ0n) is 15.0. The van der Waals surface area contributed by atoms with Crippen LogP contribution in [0, 0.1) is 23.7 Å². The summed E-state index contributed by atoms with van der Waals surface area (Å²) < 4.78 is 82.1. The van der Waals surface area contributed by atoms with Crippen LogP contribution in [0.25, 0.3) is 0 Å². The number of carbonyl (C=O) groups is 3. The Morgan fingerprint density at radius 2 is 1.37 bits per heavy atom. The van der Waals surface area contributed by atoms with Crippen LogP contribution < -0.4 is 4.74 Å². The normalized spacial score (nSPS) is 27.7. The lowest BCUT2D eigenvalue weighted by molar-refractivity contribution is -0.148. The number of ether oxygens (including phenoxy) is 1. The third-order valence-corrected chi connectivity index (χ3v) is 5.64. The number of halogens is 6. The number of rotatable bonds is 3. The number of hydrogen-bond donors (Lipinski definition) is 0. The molecule has 1 aliphatic heterocycles. The molecular weight excluding hydrogens is 420 g/mol. The van der Waals surface area contributed by atoms with Crippen LogP contribution in [0.2, 0.25) is 0 Å². The lowest BCUT2D eigenvalue weighted by atomic mass is 9.85. The highest BCUT2D eigenvalue weighted by Gasteiger charge is 2.59. The summed E-state index contributed by atoms with van der Waals surface area (Å²) in [6.45, 7) is -0.887. The Kier molecular flexibility index (Phi) is 4.48. The number of benzene rings is 1. The van der Waals surface area contributed by atoms with Crippen LogP contribution in [-0.2, 0) is 26.7 Å². The van der Waals surface area contributed by atoms with Gasteiger partial charge in [-0.2, -0.15) is 26.3 Å². The van der Waals surface area contributed by atoms with Gasteiger partial charge in [-0.05, 0) is 36.5 Å². The van der Waals surface area contributed by atoms with Crippen molar-refractivity contribution in [2.24, 2.45) is 23.7 Å². The van der Waals surface area contributed by atoms with Gasteiger partial charge in [0.1, 0.15) is 12.3 Å².